The summed E-state index contributed by atoms with van der Waals surface area (Å²) in [5.41, 5.74) is 1.62. The molecule has 10 heteroatoms. The molecule has 1 saturated heterocycles. The smallest absolute Gasteiger partial charge is 0.308 e. The lowest BCUT2D eigenvalue weighted by atomic mass is 10.2. The number of carbonyl (C=O) groups is 1. The molecule has 3 N–H and O–H groups in total. The topological polar surface area (TPSA) is 103 Å². The van der Waals surface area contributed by atoms with Gasteiger partial charge in [0.25, 0.3) is 0 Å². The molecule has 3 rings (SSSR count). The van der Waals surface area contributed by atoms with E-state index in [1.54, 1.807) is 31.3 Å². The van der Waals surface area contributed by atoms with Gasteiger partial charge in [-0.1, -0.05) is 6.92 Å². The molecule has 0 saturated carbocycles. The first-order valence-corrected chi connectivity index (χ1v) is 11.6. The Balaban J connectivity index is 1.54. The van der Waals surface area contributed by atoms with E-state index in [2.05, 4.69) is 25.8 Å². The molecule has 0 radical (unpaired) electrons. The van der Waals surface area contributed by atoms with Crippen molar-refractivity contribution in [2.24, 2.45) is 0 Å². The van der Waals surface area contributed by atoms with Gasteiger partial charge in [-0.2, -0.15) is 0 Å². The molecule has 0 aliphatic carbocycles. The van der Waals surface area contributed by atoms with Gasteiger partial charge < -0.3 is 10.6 Å². The first-order valence-electron chi connectivity index (χ1n) is 9.76. The number of hydrogen-bond donors (Lipinski definition) is 3. The monoisotopic (exact) mass is 435 g/mol. The molecule has 0 spiro atoms. The predicted octanol–water partition coefficient (Wildman–Crippen LogP) is 2.42. The number of halogens is 1. The molecule has 1 fully saturated rings. The van der Waals surface area contributed by atoms with Crippen LogP contribution >= 0.6 is 0 Å². The number of urea groups is 1. The fourth-order valence-corrected chi connectivity index (χ4v) is 3.99. The zero-order valence-corrected chi connectivity index (χ0v) is 17.6. The maximum Gasteiger partial charge on any atom is 0.323 e. The number of nitrogens with one attached hydrogen (secondary N) is 3. The lowest BCUT2D eigenvalue weighted by Gasteiger charge is -2.17. The van der Waals surface area contributed by atoms with Gasteiger partial charge in [0.15, 0.2) is 9.84 Å². The van der Waals surface area contributed by atoms with Crippen molar-refractivity contribution in [2.75, 3.05) is 35.4 Å². The van der Waals surface area contributed by atoms with Gasteiger partial charge in [0.1, 0.15) is 5.82 Å². The standard InChI is InChI=1S/C20H26FN5O3S/c1-2-30(28,29)14-23-18-5-7-26(13-18)12-15-8-16(21)10-19(9-15)25-20(27)24-17-4-3-6-22-11-17/h3-4,6,8-11,18,23H,2,5,7,12-14H2,1H3,(H2,24,25,27)/t18-/m0/s1. The molecule has 1 aromatic carbocycles. The van der Waals surface area contributed by atoms with Crippen molar-refractivity contribution >= 4 is 27.2 Å². The minimum atomic E-state index is -3.06. The average Bonchev–Trinajstić information content (AvgIpc) is 3.14. The van der Waals surface area contributed by atoms with E-state index in [-0.39, 0.29) is 17.7 Å². The van der Waals surface area contributed by atoms with E-state index >= 15 is 0 Å². The van der Waals surface area contributed by atoms with Gasteiger partial charge in [-0.05, 0) is 42.3 Å². The second-order valence-corrected chi connectivity index (χ2v) is 9.62. The van der Waals surface area contributed by atoms with E-state index in [1.165, 1.54) is 18.3 Å². The summed E-state index contributed by atoms with van der Waals surface area (Å²) < 4.78 is 37.4. The first-order chi connectivity index (χ1) is 14.3. The van der Waals surface area contributed by atoms with Gasteiger partial charge in [-0.3, -0.25) is 15.2 Å². The summed E-state index contributed by atoms with van der Waals surface area (Å²) >= 11 is 0. The highest BCUT2D eigenvalue weighted by molar-refractivity contribution is 7.91. The number of hydrogen-bond acceptors (Lipinski definition) is 6. The third-order valence-corrected chi connectivity index (χ3v) is 6.33. The van der Waals surface area contributed by atoms with Crippen LogP contribution in [0.15, 0.2) is 42.7 Å². The van der Waals surface area contributed by atoms with Crippen LogP contribution in [0.5, 0.6) is 0 Å². The largest absolute Gasteiger partial charge is 0.323 e. The molecule has 1 aliphatic rings. The number of aromatic nitrogens is 1. The average molecular weight is 436 g/mol. The van der Waals surface area contributed by atoms with Crippen LogP contribution in [0.3, 0.4) is 0 Å². The highest BCUT2D eigenvalue weighted by Gasteiger charge is 2.23. The van der Waals surface area contributed by atoms with Gasteiger partial charge in [-0.25, -0.2) is 17.6 Å². The van der Waals surface area contributed by atoms with E-state index in [4.69, 9.17) is 0 Å². The Morgan fingerprint density at radius 2 is 2.07 bits per heavy atom. The Kier molecular flexibility index (Phi) is 7.35. The molecule has 0 bridgehead atoms. The fourth-order valence-electron chi connectivity index (χ4n) is 3.29. The summed E-state index contributed by atoms with van der Waals surface area (Å²) in [6.07, 6.45) is 3.94. The van der Waals surface area contributed by atoms with Gasteiger partial charge in [0.05, 0.1) is 17.8 Å². The minimum absolute atomic E-state index is 0.0257. The van der Waals surface area contributed by atoms with Crippen molar-refractivity contribution < 1.29 is 17.6 Å². The normalized spacial score (nSPS) is 17.1. The second kappa shape index (κ2) is 9.96. The lowest BCUT2D eigenvalue weighted by molar-refractivity contribution is 0.262. The molecule has 1 aliphatic heterocycles. The van der Waals surface area contributed by atoms with Gasteiger partial charge in [-0.15, -0.1) is 0 Å². The van der Waals surface area contributed by atoms with E-state index in [1.807, 2.05) is 0 Å². The highest BCUT2D eigenvalue weighted by Crippen LogP contribution is 2.19. The number of anilines is 2. The van der Waals surface area contributed by atoms with Crippen LogP contribution in [-0.4, -0.2) is 55.1 Å². The number of carbonyl (C=O) groups excluding carboxylic acids is 1. The van der Waals surface area contributed by atoms with Crippen LogP contribution in [0.4, 0.5) is 20.6 Å². The Morgan fingerprint density at radius 3 is 2.80 bits per heavy atom. The van der Waals surface area contributed by atoms with Gasteiger partial charge >= 0.3 is 6.03 Å². The summed E-state index contributed by atoms with van der Waals surface area (Å²) in [4.78, 5) is 18.2. The molecule has 162 valence electrons. The number of nitrogens with zero attached hydrogens (tertiary/aromatic N) is 2. The summed E-state index contributed by atoms with van der Waals surface area (Å²) in [6.45, 7) is 3.60. The van der Waals surface area contributed by atoms with E-state index < -0.39 is 21.7 Å². The number of benzene rings is 1. The van der Waals surface area contributed by atoms with Crippen LogP contribution in [0.2, 0.25) is 0 Å². The molecule has 0 unspecified atom stereocenters. The number of amides is 2. The summed E-state index contributed by atoms with van der Waals surface area (Å²) in [5.74, 6) is -0.349. The Morgan fingerprint density at radius 1 is 1.27 bits per heavy atom. The second-order valence-electron chi connectivity index (χ2n) is 7.27. The van der Waals surface area contributed by atoms with Crippen LogP contribution in [0.1, 0.15) is 18.9 Å². The van der Waals surface area contributed by atoms with E-state index in [0.717, 1.165) is 18.5 Å². The Hall–Kier alpha value is -2.56. The number of likely N-dealkylation sites (tertiary alicyclic amines) is 1. The number of pyridine rings is 1. The quantitative estimate of drug-likeness (QED) is 0.588. The van der Waals surface area contributed by atoms with Crippen molar-refractivity contribution in [3.05, 3.63) is 54.1 Å². The molecule has 30 heavy (non-hydrogen) atoms. The van der Waals surface area contributed by atoms with Crippen molar-refractivity contribution in [2.45, 2.75) is 25.9 Å². The Bertz CT molecular complexity index is 972. The third kappa shape index (κ3) is 6.75. The molecule has 2 aromatic rings. The molecular weight excluding hydrogens is 409 g/mol. The fraction of sp³-hybridized carbons (Fsp3) is 0.400. The predicted molar refractivity (Wildman–Crippen MR) is 114 cm³/mol. The maximum absolute atomic E-state index is 14.1. The zero-order chi connectivity index (χ0) is 21.6. The van der Waals surface area contributed by atoms with Crippen molar-refractivity contribution in [1.82, 2.24) is 15.2 Å². The maximum atomic E-state index is 14.1. The van der Waals surface area contributed by atoms with Crippen LogP contribution < -0.4 is 16.0 Å². The molecule has 1 aromatic heterocycles. The van der Waals surface area contributed by atoms with Gasteiger partial charge in [0, 0.05) is 43.3 Å². The van der Waals surface area contributed by atoms with Crippen LogP contribution in [0, 0.1) is 5.82 Å². The molecule has 2 heterocycles. The number of sulfone groups is 1. The lowest BCUT2D eigenvalue weighted by Crippen LogP contribution is -2.36. The summed E-state index contributed by atoms with van der Waals surface area (Å²) in [6, 6.07) is 7.43. The van der Waals surface area contributed by atoms with E-state index in [9.17, 15) is 17.6 Å². The van der Waals surface area contributed by atoms with Crippen molar-refractivity contribution in [3.8, 4) is 0 Å². The molecular formula is C20H26FN5O3S. The van der Waals surface area contributed by atoms with Crippen molar-refractivity contribution in [1.29, 1.82) is 0 Å². The zero-order valence-electron chi connectivity index (χ0n) is 16.8. The third-order valence-electron chi connectivity index (χ3n) is 4.85. The highest BCUT2D eigenvalue weighted by atomic mass is 32.2. The van der Waals surface area contributed by atoms with E-state index in [0.29, 0.717) is 24.5 Å². The number of rotatable bonds is 8. The van der Waals surface area contributed by atoms with Crippen molar-refractivity contribution in [3.63, 3.8) is 0 Å². The molecule has 8 nitrogen and oxygen atoms in total. The summed E-state index contributed by atoms with van der Waals surface area (Å²) in [7, 11) is -3.06. The van der Waals surface area contributed by atoms with Gasteiger partial charge in [0.2, 0.25) is 0 Å². The van der Waals surface area contributed by atoms with Crippen LogP contribution in [0.25, 0.3) is 0 Å². The van der Waals surface area contributed by atoms with Crippen LogP contribution in [-0.2, 0) is 16.4 Å². The summed E-state index contributed by atoms with van der Waals surface area (Å²) in [5, 5.41) is 8.36. The minimum Gasteiger partial charge on any atom is -0.308 e. The molecule has 1 atom stereocenters. The Labute approximate surface area is 175 Å². The molecule has 2 amide bonds. The SMILES string of the molecule is CCS(=O)(=O)CN[C@H]1CCN(Cc2cc(F)cc(NC(=O)Nc3cccnc3)c2)C1. The first kappa shape index (κ1) is 22.1.